The Hall–Kier alpha value is -1.59. The second-order valence-corrected chi connectivity index (χ2v) is 12.5. The van der Waals surface area contributed by atoms with Crippen molar-refractivity contribution in [1.82, 2.24) is 4.90 Å². The van der Waals surface area contributed by atoms with Crippen LogP contribution in [0.1, 0.15) is 32.8 Å². The maximum atomic E-state index is 12.1. The van der Waals surface area contributed by atoms with E-state index in [4.69, 9.17) is 9.16 Å². The van der Waals surface area contributed by atoms with Crippen molar-refractivity contribution in [2.24, 2.45) is 0 Å². The van der Waals surface area contributed by atoms with E-state index in [9.17, 15) is 4.79 Å². The summed E-state index contributed by atoms with van der Waals surface area (Å²) < 4.78 is 11.7. The van der Waals surface area contributed by atoms with Crippen molar-refractivity contribution in [1.29, 1.82) is 0 Å². The minimum Gasteiger partial charge on any atom is -0.444 e. The molecule has 0 saturated carbocycles. The molecule has 1 aliphatic rings. The molecule has 0 fully saturated rings. The molecule has 0 bridgehead atoms. The van der Waals surface area contributed by atoms with E-state index in [2.05, 4.69) is 33.9 Å². The fourth-order valence-electron chi connectivity index (χ4n) is 2.24. The summed E-state index contributed by atoms with van der Waals surface area (Å²) in [5.74, 6) is 0. The minimum atomic E-state index is -1.79. The normalized spacial score (nSPS) is 18.5. The molecule has 1 aliphatic heterocycles. The van der Waals surface area contributed by atoms with Crippen molar-refractivity contribution in [3.63, 3.8) is 0 Å². The van der Waals surface area contributed by atoms with Gasteiger partial charge in [-0.05, 0) is 36.2 Å². The number of benzene rings is 1. The van der Waals surface area contributed by atoms with Gasteiger partial charge in [-0.25, -0.2) is 4.79 Å². The SMILES string of the molecule is CC(C)(C)[Si](C)(C)O[C@H]1C=CN(C(=O)OCc2ccccc2)CC1. The number of carbonyl (C=O) groups is 1. The van der Waals surface area contributed by atoms with Gasteiger partial charge in [0.1, 0.15) is 6.61 Å². The second-order valence-electron chi connectivity index (χ2n) is 7.78. The molecule has 132 valence electrons. The van der Waals surface area contributed by atoms with Crippen LogP contribution >= 0.6 is 0 Å². The number of hydrogen-bond acceptors (Lipinski definition) is 3. The first-order chi connectivity index (χ1) is 11.2. The molecule has 1 amide bonds. The summed E-state index contributed by atoms with van der Waals surface area (Å²) >= 11 is 0. The van der Waals surface area contributed by atoms with Gasteiger partial charge in [-0.1, -0.05) is 51.1 Å². The molecule has 2 rings (SSSR count). The van der Waals surface area contributed by atoms with E-state index in [1.54, 1.807) is 11.1 Å². The van der Waals surface area contributed by atoms with Crippen LogP contribution in [0.5, 0.6) is 0 Å². The Morgan fingerprint density at radius 2 is 1.92 bits per heavy atom. The highest BCUT2D eigenvalue weighted by Gasteiger charge is 2.39. The molecule has 0 N–H and O–H groups in total. The van der Waals surface area contributed by atoms with Crippen LogP contribution in [0.4, 0.5) is 4.79 Å². The van der Waals surface area contributed by atoms with E-state index in [0.717, 1.165) is 12.0 Å². The highest BCUT2D eigenvalue weighted by Crippen LogP contribution is 2.38. The van der Waals surface area contributed by atoms with E-state index >= 15 is 0 Å². The third kappa shape index (κ3) is 4.95. The topological polar surface area (TPSA) is 38.8 Å². The average Bonchev–Trinajstić information content (AvgIpc) is 2.53. The van der Waals surface area contributed by atoms with Crippen molar-refractivity contribution in [3.8, 4) is 0 Å². The first-order valence-corrected chi connectivity index (χ1v) is 11.4. The van der Waals surface area contributed by atoms with Crippen molar-refractivity contribution < 1.29 is 14.0 Å². The molecule has 1 heterocycles. The van der Waals surface area contributed by atoms with Crippen LogP contribution in [0, 0.1) is 0 Å². The van der Waals surface area contributed by atoms with Gasteiger partial charge in [0.15, 0.2) is 8.32 Å². The summed E-state index contributed by atoms with van der Waals surface area (Å²) in [5.41, 5.74) is 0.992. The van der Waals surface area contributed by atoms with Gasteiger partial charge in [0, 0.05) is 12.7 Å². The molecule has 1 aromatic carbocycles. The first kappa shape index (κ1) is 18.7. The van der Waals surface area contributed by atoms with Gasteiger partial charge in [-0.3, -0.25) is 4.90 Å². The van der Waals surface area contributed by atoms with Gasteiger partial charge in [0.2, 0.25) is 0 Å². The van der Waals surface area contributed by atoms with Crippen LogP contribution in [0.3, 0.4) is 0 Å². The molecule has 5 heteroatoms. The molecule has 1 aromatic rings. The zero-order valence-electron chi connectivity index (χ0n) is 15.4. The van der Waals surface area contributed by atoms with E-state index in [-0.39, 0.29) is 17.2 Å². The number of rotatable bonds is 4. The van der Waals surface area contributed by atoms with Crippen LogP contribution in [-0.4, -0.2) is 32.0 Å². The minimum absolute atomic E-state index is 0.0871. The van der Waals surface area contributed by atoms with Gasteiger partial charge >= 0.3 is 6.09 Å². The Morgan fingerprint density at radius 1 is 1.25 bits per heavy atom. The van der Waals surface area contributed by atoms with Crippen LogP contribution in [0.2, 0.25) is 18.1 Å². The molecule has 0 aliphatic carbocycles. The average molecular weight is 348 g/mol. The van der Waals surface area contributed by atoms with Gasteiger partial charge in [-0.2, -0.15) is 0 Å². The summed E-state index contributed by atoms with van der Waals surface area (Å²) in [7, 11) is -1.79. The summed E-state index contributed by atoms with van der Waals surface area (Å²) in [5, 5.41) is 0.187. The smallest absolute Gasteiger partial charge is 0.414 e. The largest absolute Gasteiger partial charge is 0.444 e. The van der Waals surface area contributed by atoms with Crippen molar-refractivity contribution in [2.75, 3.05) is 6.54 Å². The first-order valence-electron chi connectivity index (χ1n) is 8.52. The van der Waals surface area contributed by atoms with Crippen LogP contribution < -0.4 is 0 Å². The highest BCUT2D eigenvalue weighted by molar-refractivity contribution is 6.74. The van der Waals surface area contributed by atoms with Gasteiger partial charge in [0.25, 0.3) is 0 Å². The summed E-state index contributed by atoms with van der Waals surface area (Å²) in [6.07, 6.45) is 4.37. The number of hydrogen-bond donors (Lipinski definition) is 0. The molecule has 0 spiro atoms. The van der Waals surface area contributed by atoms with E-state index in [0.29, 0.717) is 13.2 Å². The molecule has 1 atom stereocenters. The van der Waals surface area contributed by atoms with E-state index < -0.39 is 8.32 Å². The highest BCUT2D eigenvalue weighted by atomic mass is 28.4. The molecule has 0 unspecified atom stereocenters. The molecule has 4 nitrogen and oxygen atoms in total. The van der Waals surface area contributed by atoms with Crippen LogP contribution in [-0.2, 0) is 15.8 Å². The predicted molar refractivity (Wildman–Crippen MR) is 99.2 cm³/mol. The zero-order valence-corrected chi connectivity index (χ0v) is 16.4. The van der Waals surface area contributed by atoms with Gasteiger partial charge in [0.05, 0.1) is 6.10 Å². The summed E-state index contributed by atoms with van der Waals surface area (Å²) in [6.45, 7) is 12.1. The third-order valence-electron chi connectivity index (χ3n) is 4.83. The quantitative estimate of drug-likeness (QED) is 0.725. The number of amides is 1. The predicted octanol–water partition coefficient (Wildman–Crippen LogP) is 4.93. The Labute approximate surface area is 146 Å². The standard InChI is InChI=1S/C19H29NO3Si/c1-19(2,3)24(4,5)23-17-11-13-20(14-12-17)18(21)22-15-16-9-7-6-8-10-16/h6-11,13,17H,12,14-15H2,1-5H3/t17-/m0/s1. The summed E-state index contributed by atoms with van der Waals surface area (Å²) in [6, 6.07) is 9.71. The Kier molecular flexibility index (Phi) is 5.88. The lowest BCUT2D eigenvalue weighted by Gasteiger charge is -2.39. The zero-order chi connectivity index (χ0) is 17.8. The van der Waals surface area contributed by atoms with Gasteiger partial charge < -0.3 is 9.16 Å². The maximum Gasteiger partial charge on any atom is 0.414 e. The van der Waals surface area contributed by atoms with Crippen molar-refractivity contribution in [2.45, 2.75) is 58.0 Å². The molecular weight excluding hydrogens is 318 g/mol. The number of nitrogens with zero attached hydrogens (tertiary/aromatic N) is 1. The Bertz CT molecular complexity index is 578. The lowest BCUT2D eigenvalue weighted by molar-refractivity contribution is 0.101. The Balaban J connectivity index is 1.85. The Morgan fingerprint density at radius 3 is 2.46 bits per heavy atom. The molecule has 0 saturated heterocycles. The molecule has 24 heavy (non-hydrogen) atoms. The van der Waals surface area contributed by atoms with Crippen LogP contribution in [0.15, 0.2) is 42.6 Å². The molecular formula is C19H29NO3Si. The number of ether oxygens (including phenoxy) is 1. The van der Waals surface area contributed by atoms with E-state index in [1.807, 2.05) is 36.4 Å². The monoisotopic (exact) mass is 347 g/mol. The molecule has 0 aromatic heterocycles. The van der Waals surface area contributed by atoms with Crippen LogP contribution in [0.25, 0.3) is 0 Å². The van der Waals surface area contributed by atoms with E-state index in [1.165, 1.54) is 0 Å². The van der Waals surface area contributed by atoms with Crippen molar-refractivity contribution >= 4 is 14.4 Å². The summed E-state index contributed by atoms with van der Waals surface area (Å²) in [4.78, 5) is 13.8. The molecule has 0 radical (unpaired) electrons. The second kappa shape index (κ2) is 7.53. The van der Waals surface area contributed by atoms with Crippen molar-refractivity contribution in [3.05, 3.63) is 48.2 Å². The lowest BCUT2D eigenvalue weighted by atomic mass is 10.2. The fourth-order valence-corrected chi connectivity index (χ4v) is 3.55. The number of carbonyl (C=O) groups excluding carboxylic acids is 1. The third-order valence-corrected chi connectivity index (χ3v) is 9.33. The maximum absolute atomic E-state index is 12.1. The lowest BCUT2D eigenvalue weighted by Crippen LogP contribution is -2.45. The van der Waals surface area contributed by atoms with Gasteiger partial charge in [-0.15, -0.1) is 0 Å². The fraction of sp³-hybridized carbons (Fsp3) is 0.526.